The van der Waals surface area contributed by atoms with Crippen LogP contribution in [0.5, 0.6) is 5.75 Å². The van der Waals surface area contributed by atoms with Gasteiger partial charge < -0.3 is 14.8 Å². The molecule has 0 unspecified atom stereocenters. The van der Waals surface area contributed by atoms with E-state index < -0.39 is 18.5 Å². The lowest BCUT2D eigenvalue weighted by Gasteiger charge is -2.14. The normalized spacial score (nSPS) is 12.3. The number of nitrogens with one attached hydrogen (secondary N) is 1. The fourth-order valence-electron chi connectivity index (χ4n) is 3.45. The summed E-state index contributed by atoms with van der Waals surface area (Å²) in [5.74, 6) is -1.28. The van der Waals surface area contributed by atoms with Crippen molar-refractivity contribution in [3.8, 4) is 5.75 Å². The number of imide groups is 1. The molecule has 3 amide bonds. The van der Waals surface area contributed by atoms with Crippen LogP contribution in [0.3, 0.4) is 0 Å². The number of hydrogen-bond acceptors (Lipinski definition) is 6. The minimum absolute atomic E-state index is 0.0193. The van der Waals surface area contributed by atoms with Crippen molar-refractivity contribution < 1.29 is 28.7 Å². The molecular weight excluding hydrogens is 424 g/mol. The monoisotopic (exact) mass is 444 g/mol. The third-order valence-electron chi connectivity index (χ3n) is 5.09. The molecule has 3 aromatic rings. The molecule has 0 bridgehead atoms. The lowest BCUT2D eigenvalue weighted by atomic mass is 10.1. The summed E-state index contributed by atoms with van der Waals surface area (Å²) in [6.07, 6.45) is 0. The van der Waals surface area contributed by atoms with Crippen molar-refractivity contribution in [1.29, 1.82) is 0 Å². The van der Waals surface area contributed by atoms with Crippen LogP contribution in [0.4, 0.5) is 5.69 Å². The Kier molecular flexibility index (Phi) is 6.17. The Hall–Kier alpha value is -4.46. The third kappa shape index (κ3) is 4.74. The summed E-state index contributed by atoms with van der Waals surface area (Å²) >= 11 is 0. The molecule has 166 valence electrons. The maximum absolute atomic E-state index is 12.6. The quantitative estimate of drug-likeness (QED) is 0.443. The Morgan fingerprint density at radius 2 is 1.55 bits per heavy atom. The Labute approximate surface area is 189 Å². The van der Waals surface area contributed by atoms with Gasteiger partial charge in [-0.2, -0.15) is 0 Å². The van der Waals surface area contributed by atoms with Gasteiger partial charge in [0.05, 0.1) is 30.3 Å². The van der Waals surface area contributed by atoms with Gasteiger partial charge in [0.25, 0.3) is 17.7 Å². The lowest BCUT2D eigenvalue weighted by molar-refractivity contribution is -0.119. The molecule has 0 atom stereocenters. The first kappa shape index (κ1) is 21.8. The predicted molar refractivity (Wildman–Crippen MR) is 119 cm³/mol. The van der Waals surface area contributed by atoms with Gasteiger partial charge in [-0.1, -0.05) is 24.3 Å². The van der Waals surface area contributed by atoms with Crippen LogP contribution in [-0.2, 0) is 16.1 Å². The number of nitrogens with zero attached hydrogens (tertiary/aromatic N) is 1. The average molecular weight is 444 g/mol. The maximum atomic E-state index is 12.6. The SMILES string of the molecule is COc1ccc(NC(=O)COC(=O)c2cccc(CN3C(=O)c4ccccc4C3=O)c2)cc1. The van der Waals surface area contributed by atoms with Crippen LogP contribution < -0.4 is 10.1 Å². The predicted octanol–water partition coefficient (Wildman–Crippen LogP) is 3.29. The molecule has 0 saturated heterocycles. The van der Waals surface area contributed by atoms with Crippen molar-refractivity contribution >= 4 is 29.4 Å². The third-order valence-corrected chi connectivity index (χ3v) is 5.09. The number of anilines is 1. The van der Waals surface area contributed by atoms with Gasteiger partial charge in [-0.25, -0.2) is 4.79 Å². The fourth-order valence-corrected chi connectivity index (χ4v) is 3.45. The second-order valence-electron chi connectivity index (χ2n) is 7.30. The van der Waals surface area contributed by atoms with Crippen LogP contribution in [0.2, 0.25) is 0 Å². The van der Waals surface area contributed by atoms with Crippen molar-refractivity contribution in [1.82, 2.24) is 4.90 Å². The Morgan fingerprint density at radius 3 is 2.18 bits per heavy atom. The highest BCUT2D eigenvalue weighted by Gasteiger charge is 2.35. The Balaban J connectivity index is 1.35. The molecule has 0 radical (unpaired) electrons. The van der Waals surface area contributed by atoms with Gasteiger partial charge >= 0.3 is 5.97 Å². The summed E-state index contributed by atoms with van der Waals surface area (Å²) in [5.41, 5.74) is 2.06. The first-order valence-corrected chi connectivity index (χ1v) is 10.1. The highest BCUT2D eigenvalue weighted by Crippen LogP contribution is 2.24. The van der Waals surface area contributed by atoms with Gasteiger partial charge in [0.2, 0.25) is 0 Å². The van der Waals surface area contributed by atoms with E-state index in [9.17, 15) is 19.2 Å². The van der Waals surface area contributed by atoms with Crippen molar-refractivity contribution in [2.45, 2.75) is 6.54 Å². The molecule has 0 saturated carbocycles. The van der Waals surface area contributed by atoms with Crippen molar-refractivity contribution in [3.05, 3.63) is 95.1 Å². The van der Waals surface area contributed by atoms with Crippen molar-refractivity contribution in [2.24, 2.45) is 0 Å². The standard InChI is InChI=1S/C25H20N2O6/c1-32-19-11-9-18(10-12-19)26-22(28)15-33-25(31)17-6-4-5-16(13-17)14-27-23(29)20-7-2-3-8-21(20)24(27)30/h2-13H,14-15H2,1H3,(H,26,28). The van der Waals surface area contributed by atoms with E-state index in [-0.39, 0.29) is 23.9 Å². The summed E-state index contributed by atoms with van der Waals surface area (Å²) in [7, 11) is 1.54. The minimum Gasteiger partial charge on any atom is -0.497 e. The molecule has 1 aliphatic rings. The number of amides is 3. The van der Waals surface area contributed by atoms with E-state index in [1.165, 1.54) is 12.1 Å². The molecule has 8 nitrogen and oxygen atoms in total. The number of hydrogen-bond donors (Lipinski definition) is 1. The zero-order valence-corrected chi connectivity index (χ0v) is 17.7. The number of carbonyl (C=O) groups is 4. The molecular formula is C25H20N2O6. The molecule has 0 aliphatic carbocycles. The average Bonchev–Trinajstić information content (AvgIpc) is 3.08. The number of rotatable bonds is 7. The van der Waals surface area contributed by atoms with Crippen molar-refractivity contribution in [3.63, 3.8) is 0 Å². The highest BCUT2D eigenvalue weighted by atomic mass is 16.5. The lowest BCUT2D eigenvalue weighted by Crippen LogP contribution is -2.29. The molecule has 33 heavy (non-hydrogen) atoms. The van der Waals surface area contributed by atoms with E-state index >= 15 is 0 Å². The highest BCUT2D eigenvalue weighted by molar-refractivity contribution is 6.21. The molecule has 8 heteroatoms. The van der Waals surface area contributed by atoms with Gasteiger partial charge in [0.1, 0.15) is 5.75 Å². The molecule has 0 spiro atoms. The van der Waals surface area contributed by atoms with Crippen LogP contribution in [0, 0.1) is 0 Å². The number of benzene rings is 3. The van der Waals surface area contributed by atoms with E-state index in [1.54, 1.807) is 67.8 Å². The van der Waals surface area contributed by atoms with E-state index in [4.69, 9.17) is 9.47 Å². The summed E-state index contributed by atoms with van der Waals surface area (Å²) in [5, 5.41) is 2.62. The van der Waals surface area contributed by atoms with Gasteiger partial charge in [-0.15, -0.1) is 0 Å². The zero-order valence-electron chi connectivity index (χ0n) is 17.7. The van der Waals surface area contributed by atoms with Crippen LogP contribution >= 0.6 is 0 Å². The number of fused-ring (bicyclic) bond motifs is 1. The minimum atomic E-state index is -0.691. The second kappa shape index (κ2) is 9.35. The Morgan fingerprint density at radius 1 is 0.879 bits per heavy atom. The number of ether oxygens (including phenoxy) is 2. The molecule has 0 aromatic heterocycles. The smallest absolute Gasteiger partial charge is 0.338 e. The first-order chi connectivity index (χ1) is 16.0. The van der Waals surface area contributed by atoms with Crippen LogP contribution in [0.15, 0.2) is 72.8 Å². The van der Waals surface area contributed by atoms with E-state index in [0.29, 0.717) is 28.1 Å². The largest absolute Gasteiger partial charge is 0.497 e. The second-order valence-corrected chi connectivity index (χ2v) is 7.30. The molecule has 1 aliphatic heterocycles. The van der Waals surface area contributed by atoms with E-state index in [2.05, 4.69) is 5.32 Å². The summed E-state index contributed by atoms with van der Waals surface area (Å²) in [6, 6.07) is 19.8. The molecule has 0 fully saturated rings. The zero-order chi connectivity index (χ0) is 23.4. The van der Waals surface area contributed by atoms with Gasteiger partial charge in [-0.05, 0) is 54.1 Å². The summed E-state index contributed by atoms with van der Waals surface area (Å²) in [6.45, 7) is -0.446. The topological polar surface area (TPSA) is 102 Å². The molecule has 1 heterocycles. The van der Waals surface area contributed by atoms with Crippen LogP contribution in [0.25, 0.3) is 0 Å². The molecule has 1 N–H and O–H groups in total. The van der Waals surface area contributed by atoms with Crippen molar-refractivity contribution in [2.75, 3.05) is 19.0 Å². The van der Waals surface area contributed by atoms with Gasteiger partial charge in [-0.3, -0.25) is 19.3 Å². The van der Waals surface area contributed by atoms with Crippen LogP contribution in [0.1, 0.15) is 36.6 Å². The first-order valence-electron chi connectivity index (χ1n) is 10.1. The molecule has 4 rings (SSSR count). The summed E-state index contributed by atoms with van der Waals surface area (Å²) in [4.78, 5) is 50.7. The maximum Gasteiger partial charge on any atom is 0.338 e. The summed E-state index contributed by atoms with van der Waals surface area (Å²) < 4.78 is 10.2. The van der Waals surface area contributed by atoms with E-state index in [1.807, 2.05) is 0 Å². The number of esters is 1. The van der Waals surface area contributed by atoms with Crippen LogP contribution in [-0.4, -0.2) is 42.3 Å². The number of carbonyl (C=O) groups excluding carboxylic acids is 4. The van der Waals surface area contributed by atoms with Gasteiger partial charge in [0, 0.05) is 5.69 Å². The van der Waals surface area contributed by atoms with Gasteiger partial charge in [0.15, 0.2) is 6.61 Å². The molecule has 3 aromatic carbocycles. The number of methoxy groups -OCH3 is 1. The Bertz CT molecular complexity index is 1200. The van der Waals surface area contributed by atoms with E-state index in [0.717, 1.165) is 4.90 Å². The fraction of sp³-hybridized carbons (Fsp3) is 0.120.